The van der Waals surface area contributed by atoms with Gasteiger partial charge in [-0.2, -0.15) is 0 Å². The number of nitrogens with one attached hydrogen (secondary N) is 1. The molecule has 3 rings (SSSR count). The van der Waals surface area contributed by atoms with Crippen LogP contribution in [0.4, 0.5) is 5.69 Å². The Morgan fingerprint density at radius 3 is 3.00 bits per heavy atom. The van der Waals surface area contributed by atoms with Crippen molar-refractivity contribution in [3.63, 3.8) is 0 Å². The number of carbonyl (C=O) groups excluding carboxylic acids is 2. The van der Waals surface area contributed by atoms with E-state index in [1.165, 1.54) is 12.0 Å². The molecule has 27 heavy (non-hydrogen) atoms. The van der Waals surface area contributed by atoms with Crippen LogP contribution in [0.3, 0.4) is 0 Å². The summed E-state index contributed by atoms with van der Waals surface area (Å²) < 4.78 is 4.93. The third kappa shape index (κ3) is 4.40. The van der Waals surface area contributed by atoms with Crippen molar-refractivity contribution in [2.24, 2.45) is 5.16 Å². The van der Waals surface area contributed by atoms with E-state index in [-0.39, 0.29) is 25.0 Å². The molecule has 1 aromatic carbocycles. The Kier molecular flexibility index (Phi) is 5.97. The number of likely N-dealkylation sites (tertiary alicyclic amines) is 1. The number of pyridine rings is 1. The average Bonchev–Trinajstić information content (AvgIpc) is 3.11. The average molecular weight is 370 g/mol. The molecule has 1 atom stereocenters. The monoisotopic (exact) mass is 370 g/mol. The minimum Gasteiger partial charge on any atom is -0.396 e. The van der Waals surface area contributed by atoms with Gasteiger partial charge in [-0.15, -0.1) is 0 Å². The van der Waals surface area contributed by atoms with Crippen LogP contribution in [0.1, 0.15) is 13.3 Å². The van der Waals surface area contributed by atoms with E-state index in [1.807, 2.05) is 31.2 Å². The summed E-state index contributed by atoms with van der Waals surface area (Å²) in [5.74, 6) is -0.536. The minimum atomic E-state index is -0.656. The van der Waals surface area contributed by atoms with Crippen molar-refractivity contribution in [2.45, 2.75) is 19.4 Å². The third-order valence-electron chi connectivity index (χ3n) is 4.24. The third-order valence-corrected chi connectivity index (χ3v) is 4.24. The molecule has 8 heteroatoms. The molecule has 1 aliphatic heterocycles. The topological polar surface area (TPSA) is 93.1 Å². The maximum Gasteiger partial charge on any atom is 0.249 e. The number of carbonyl (C=O) groups is 2. The molecule has 8 nitrogen and oxygen atoms in total. The van der Waals surface area contributed by atoms with Gasteiger partial charge >= 0.3 is 0 Å². The lowest BCUT2D eigenvalue weighted by atomic mass is 10.1. The van der Waals surface area contributed by atoms with E-state index in [4.69, 9.17) is 9.57 Å². The number of hydrogen-bond acceptors (Lipinski definition) is 6. The molecule has 2 heterocycles. The summed E-state index contributed by atoms with van der Waals surface area (Å²) in [6.07, 6.45) is 2.05. The summed E-state index contributed by atoms with van der Waals surface area (Å²) in [4.78, 5) is 36.0. The van der Waals surface area contributed by atoms with Crippen molar-refractivity contribution in [2.75, 3.05) is 32.2 Å². The van der Waals surface area contributed by atoms with Crippen molar-refractivity contribution in [3.05, 3.63) is 36.5 Å². The van der Waals surface area contributed by atoms with Crippen LogP contribution < -0.4 is 5.32 Å². The lowest BCUT2D eigenvalue weighted by Gasteiger charge is -2.23. The van der Waals surface area contributed by atoms with Gasteiger partial charge in [0.25, 0.3) is 0 Å². The normalized spacial score (nSPS) is 18.1. The quantitative estimate of drug-likeness (QED) is 0.783. The van der Waals surface area contributed by atoms with Crippen LogP contribution >= 0.6 is 0 Å². The highest BCUT2D eigenvalue weighted by molar-refractivity contribution is 6.05. The number of hydrogen-bond donors (Lipinski definition) is 1. The molecule has 2 aromatic rings. The van der Waals surface area contributed by atoms with Gasteiger partial charge in [0.15, 0.2) is 0 Å². The van der Waals surface area contributed by atoms with E-state index in [0.717, 1.165) is 10.9 Å². The van der Waals surface area contributed by atoms with Crippen LogP contribution in [0.5, 0.6) is 0 Å². The van der Waals surface area contributed by atoms with Gasteiger partial charge < -0.3 is 19.8 Å². The van der Waals surface area contributed by atoms with Crippen molar-refractivity contribution in [3.8, 4) is 0 Å². The molecule has 0 saturated carbocycles. The molecule has 0 unspecified atom stereocenters. The fourth-order valence-corrected chi connectivity index (χ4v) is 3.01. The lowest BCUT2D eigenvalue weighted by Crippen LogP contribution is -2.44. The Labute approximate surface area is 157 Å². The molecule has 1 fully saturated rings. The van der Waals surface area contributed by atoms with E-state index in [1.54, 1.807) is 12.3 Å². The molecule has 1 saturated heterocycles. The van der Waals surface area contributed by atoms with E-state index in [9.17, 15) is 9.59 Å². The fraction of sp³-hybridized carbons (Fsp3) is 0.368. The molecule has 1 N–H and O–H groups in total. The zero-order chi connectivity index (χ0) is 19.2. The van der Waals surface area contributed by atoms with Gasteiger partial charge in [-0.3, -0.25) is 14.6 Å². The zero-order valence-electron chi connectivity index (χ0n) is 15.3. The van der Waals surface area contributed by atoms with Gasteiger partial charge in [0.05, 0.1) is 17.8 Å². The number of ether oxygens (including phenoxy) is 1. The predicted molar refractivity (Wildman–Crippen MR) is 101 cm³/mol. The number of oxime groups is 1. The maximum atomic E-state index is 12.8. The first kappa shape index (κ1) is 18.8. The second kappa shape index (κ2) is 8.59. The molecule has 0 aliphatic carbocycles. The summed E-state index contributed by atoms with van der Waals surface area (Å²) in [6.45, 7) is 2.42. The summed E-state index contributed by atoms with van der Waals surface area (Å²) in [6, 6.07) is 8.60. The molecule has 2 amide bonds. The Morgan fingerprint density at radius 1 is 1.37 bits per heavy atom. The zero-order valence-corrected chi connectivity index (χ0v) is 15.3. The van der Waals surface area contributed by atoms with Crippen molar-refractivity contribution in [1.29, 1.82) is 0 Å². The molecule has 0 radical (unpaired) electrons. The second-order valence-corrected chi connectivity index (χ2v) is 6.15. The molecule has 0 bridgehead atoms. The Balaban J connectivity index is 1.77. The number of methoxy groups -OCH3 is 1. The molecule has 142 valence electrons. The summed E-state index contributed by atoms with van der Waals surface area (Å²) in [5.41, 5.74) is 2.15. The van der Waals surface area contributed by atoms with Crippen molar-refractivity contribution in [1.82, 2.24) is 9.88 Å². The van der Waals surface area contributed by atoms with Gasteiger partial charge in [-0.25, -0.2) is 0 Å². The van der Waals surface area contributed by atoms with E-state index >= 15 is 0 Å². The number of fused-ring (bicyclic) bond motifs is 1. The standard InChI is InChI=1S/C19H22N4O4/c1-3-27-22-15-10-17(23(11-15)18(24)12-26-2)19(25)21-14-6-7-16-13(9-14)5-4-8-20-16/h4-9,17H,3,10-12H2,1-2H3,(H,21,25)/t17-/m0/s1. The molecule has 1 aliphatic rings. The Morgan fingerprint density at radius 2 is 2.22 bits per heavy atom. The largest absolute Gasteiger partial charge is 0.396 e. The first-order valence-corrected chi connectivity index (χ1v) is 8.74. The highest BCUT2D eigenvalue weighted by atomic mass is 16.6. The molecular formula is C19H22N4O4. The number of benzene rings is 1. The minimum absolute atomic E-state index is 0.0899. The van der Waals surface area contributed by atoms with Crippen molar-refractivity contribution < 1.29 is 19.2 Å². The summed E-state index contributed by atoms with van der Waals surface area (Å²) in [5, 5.41) is 7.81. The van der Waals surface area contributed by atoms with Crippen LogP contribution in [0, 0.1) is 0 Å². The van der Waals surface area contributed by atoms with E-state index in [2.05, 4.69) is 15.5 Å². The van der Waals surface area contributed by atoms with Crippen LogP contribution in [-0.4, -0.2) is 60.3 Å². The predicted octanol–water partition coefficient (Wildman–Crippen LogP) is 1.81. The number of nitrogens with zero attached hydrogens (tertiary/aromatic N) is 3. The van der Waals surface area contributed by atoms with Gasteiger partial charge in [-0.05, 0) is 31.2 Å². The van der Waals surface area contributed by atoms with E-state index in [0.29, 0.717) is 24.4 Å². The van der Waals surface area contributed by atoms with Gasteiger partial charge in [-0.1, -0.05) is 11.2 Å². The first-order valence-electron chi connectivity index (χ1n) is 8.74. The fourth-order valence-electron chi connectivity index (χ4n) is 3.01. The van der Waals surface area contributed by atoms with E-state index < -0.39 is 6.04 Å². The van der Waals surface area contributed by atoms with Crippen LogP contribution in [0.15, 0.2) is 41.7 Å². The SMILES string of the molecule is CCON=C1C[C@@H](C(=O)Nc2ccc3ncccc3c2)N(C(=O)COC)C1. The van der Waals surface area contributed by atoms with Crippen LogP contribution in [0.25, 0.3) is 10.9 Å². The van der Waals surface area contributed by atoms with Gasteiger partial charge in [0.1, 0.15) is 19.3 Å². The maximum absolute atomic E-state index is 12.8. The summed E-state index contributed by atoms with van der Waals surface area (Å²) in [7, 11) is 1.45. The van der Waals surface area contributed by atoms with Gasteiger partial charge in [0.2, 0.25) is 11.8 Å². The smallest absolute Gasteiger partial charge is 0.249 e. The number of aromatic nitrogens is 1. The number of anilines is 1. The van der Waals surface area contributed by atoms with Gasteiger partial charge in [0, 0.05) is 30.8 Å². The highest BCUT2D eigenvalue weighted by Crippen LogP contribution is 2.21. The number of rotatable bonds is 6. The molecule has 1 aromatic heterocycles. The van der Waals surface area contributed by atoms with Crippen LogP contribution in [0.2, 0.25) is 0 Å². The highest BCUT2D eigenvalue weighted by Gasteiger charge is 2.38. The Bertz CT molecular complexity index is 868. The lowest BCUT2D eigenvalue weighted by molar-refractivity contribution is -0.139. The first-order chi connectivity index (χ1) is 13.1. The molecular weight excluding hydrogens is 348 g/mol. The van der Waals surface area contributed by atoms with Crippen molar-refractivity contribution >= 4 is 34.1 Å². The second-order valence-electron chi connectivity index (χ2n) is 6.15. The Hall–Kier alpha value is -3.00. The number of amides is 2. The molecule has 0 spiro atoms. The summed E-state index contributed by atoms with van der Waals surface area (Å²) >= 11 is 0. The van der Waals surface area contributed by atoms with Crippen LogP contribution in [-0.2, 0) is 19.2 Å².